The molecule has 0 aliphatic carbocycles. The molecular formula is C20H20F3NO4. The molecule has 0 fully saturated rings. The molecule has 0 atom stereocenters. The van der Waals surface area contributed by atoms with Crippen LogP contribution in [-0.4, -0.2) is 24.8 Å². The summed E-state index contributed by atoms with van der Waals surface area (Å²) in [7, 11) is 0. The molecule has 0 spiro atoms. The van der Waals surface area contributed by atoms with E-state index >= 15 is 0 Å². The molecule has 8 heteroatoms. The highest BCUT2D eigenvalue weighted by molar-refractivity contribution is 5.95. The summed E-state index contributed by atoms with van der Waals surface area (Å²) in [6.07, 6.45) is -1.66. The van der Waals surface area contributed by atoms with Crippen LogP contribution in [0.5, 0.6) is 5.75 Å². The van der Waals surface area contributed by atoms with Gasteiger partial charge >= 0.3 is 12.3 Å². The number of carbonyl (C=O) groups is 2. The van der Waals surface area contributed by atoms with Crippen LogP contribution in [0.4, 0.5) is 18.9 Å². The fourth-order valence-electron chi connectivity index (χ4n) is 2.34. The molecule has 0 unspecified atom stereocenters. The third kappa shape index (κ3) is 7.30. The SMILES string of the molecule is CCCCc1ccc(NC(=O)COC(=O)c2ccc(OC(F)(F)F)cc2)cc1. The van der Waals surface area contributed by atoms with Crippen molar-refractivity contribution < 1.29 is 32.2 Å². The van der Waals surface area contributed by atoms with Gasteiger partial charge in [-0.3, -0.25) is 4.79 Å². The van der Waals surface area contributed by atoms with E-state index in [0.717, 1.165) is 43.5 Å². The lowest BCUT2D eigenvalue weighted by Gasteiger charge is -2.09. The normalized spacial score (nSPS) is 11.0. The van der Waals surface area contributed by atoms with Crippen LogP contribution in [0.25, 0.3) is 0 Å². The van der Waals surface area contributed by atoms with Crippen LogP contribution in [0, 0.1) is 0 Å². The Bertz CT molecular complexity index is 787. The van der Waals surface area contributed by atoms with Crippen molar-refractivity contribution >= 4 is 17.6 Å². The average Bonchev–Trinajstić information content (AvgIpc) is 2.65. The molecule has 1 amide bonds. The number of benzene rings is 2. The second-order valence-electron chi connectivity index (χ2n) is 6.00. The van der Waals surface area contributed by atoms with Crippen LogP contribution in [0.1, 0.15) is 35.7 Å². The highest BCUT2D eigenvalue weighted by atomic mass is 19.4. The summed E-state index contributed by atoms with van der Waals surface area (Å²) in [5.41, 5.74) is 1.75. The fourth-order valence-corrected chi connectivity index (χ4v) is 2.34. The van der Waals surface area contributed by atoms with E-state index < -0.39 is 30.6 Å². The van der Waals surface area contributed by atoms with E-state index in [2.05, 4.69) is 17.0 Å². The number of unbranched alkanes of at least 4 members (excludes halogenated alkanes) is 1. The van der Waals surface area contributed by atoms with E-state index in [1.165, 1.54) is 5.56 Å². The minimum Gasteiger partial charge on any atom is -0.452 e. The summed E-state index contributed by atoms with van der Waals surface area (Å²) in [6.45, 7) is 1.60. The lowest BCUT2D eigenvalue weighted by Crippen LogP contribution is -2.21. The highest BCUT2D eigenvalue weighted by Gasteiger charge is 2.31. The van der Waals surface area contributed by atoms with Crippen molar-refractivity contribution in [1.82, 2.24) is 0 Å². The number of carbonyl (C=O) groups excluding carboxylic acids is 2. The molecule has 2 aromatic carbocycles. The van der Waals surface area contributed by atoms with Gasteiger partial charge in [-0.25, -0.2) is 4.79 Å². The van der Waals surface area contributed by atoms with Gasteiger partial charge in [0.2, 0.25) is 0 Å². The number of esters is 1. The Balaban J connectivity index is 1.81. The van der Waals surface area contributed by atoms with Gasteiger partial charge in [0.15, 0.2) is 6.61 Å². The molecule has 1 N–H and O–H groups in total. The third-order valence-corrected chi connectivity index (χ3v) is 3.71. The van der Waals surface area contributed by atoms with Gasteiger partial charge in [-0.1, -0.05) is 25.5 Å². The predicted molar refractivity (Wildman–Crippen MR) is 97.1 cm³/mol. The molecule has 2 rings (SSSR count). The van der Waals surface area contributed by atoms with Crippen molar-refractivity contribution in [3.05, 3.63) is 59.7 Å². The Kier molecular flexibility index (Phi) is 7.43. The van der Waals surface area contributed by atoms with Crippen LogP contribution in [0.15, 0.2) is 48.5 Å². The van der Waals surface area contributed by atoms with Crippen molar-refractivity contribution in [3.63, 3.8) is 0 Å². The molecule has 2 aromatic rings. The number of nitrogens with one attached hydrogen (secondary N) is 1. The van der Waals surface area contributed by atoms with Gasteiger partial charge in [-0.2, -0.15) is 0 Å². The lowest BCUT2D eigenvalue weighted by atomic mass is 10.1. The molecule has 0 radical (unpaired) electrons. The van der Waals surface area contributed by atoms with Gasteiger partial charge in [-0.15, -0.1) is 13.2 Å². The largest absolute Gasteiger partial charge is 0.573 e. The molecule has 28 heavy (non-hydrogen) atoms. The summed E-state index contributed by atoms with van der Waals surface area (Å²) in [5.74, 6) is -1.81. The summed E-state index contributed by atoms with van der Waals surface area (Å²) in [4.78, 5) is 23.8. The van der Waals surface area contributed by atoms with Crippen molar-refractivity contribution in [2.75, 3.05) is 11.9 Å². The summed E-state index contributed by atoms with van der Waals surface area (Å²) < 4.78 is 44.9. The van der Waals surface area contributed by atoms with E-state index in [-0.39, 0.29) is 5.56 Å². The summed E-state index contributed by atoms with van der Waals surface area (Å²) in [6, 6.07) is 11.6. The summed E-state index contributed by atoms with van der Waals surface area (Å²) >= 11 is 0. The van der Waals surface area contributed by atoms with E-state index in [0.29, 0.717) is 5.69 Å². The first kappa shape index (κ1) is 21.3. The molecule has 0 saturated heterocycles. The monoisotopic (exact) mass is 395 g/mol. The highest BCUT2D eigenvalue weighted by Crippen LogP contribution is 2.22. The molecule has 0 aromatic heterocycles. The maximum Gasteiger partial charge on any atom is 0.573 e. The second-order valence-corrected chi connectivity index (χ2v) is 6.00. The van der Waals surface area contributed by atoms with Crippen LogP contribution < -0.4 is 10.1 Å². The Morgan fingerprint density at radius 3 is 2.21 bits per heavy atom. The topological polar surface area (TPSA) is 64.6 Å². The number of ether oxygens (including phenoxy) is 2. The quantitative estimate of drug-likeness (QED) is 0.657. The van der Waals surface area contributed by atoms with E-state index in [1.807, 2.05) is 12.1 Å². The first-order valence-electron chi connectivity index (χ1n) is 8.68. The van der Waals surface area contributed by atoms with Gasteiger partial charge in [-0.05, 0) is 54.8 Å². The molecule has 150 valence electrons. The number of aryl methyl sites for hydroxylation is 1. The summed E-state index contributed by atoms with van der Waals surface area (Å²) in [5, 5.41) is 2.61. The Hall–Kier alpha value is -3.03. The van der Waals surface area contributed by atoms with Crippen molar-refractivity contribution in [3.8, 4) is 5.75 Å². The maximum atomic E-state index is 12.1. The molecule has 0 aliphatic heterocycles. The number of halogens is 3. The molecule has 0 saturated carbocycles. The van der Waals surface area contributed by atoms with Gasteiger partial charge in [0.25, 0.3) is 5.91 Å². The van der Waals surface area contributed by atoms with Gasteiger partial charge < -0.3 is 14.8 Å². The fraction of sp³-hybridized carbons (Fsp3) is 0.300. The number of amides is 1. The molecule has 0 heterocycles. The number of alkyl halides is 3. The number of hydrogen-bond acceptors (Lipinski definition) is 4. The van der Waals surface area contributed by atoms with Crippen molar-refractivity contribution in [2.45, 2.75) is 32.5 Å². The predicted octanol–water partition coefficient (Wildman–Crippen LogP) is 4.72. The van der Waals surface area contributed by atoms with Gasteiger partial charge in [0.1, 0.15) is 5.75 Å². The van der Waals surface area contributed by atoms with Crippen LogP contribution in [0.2, 0.25) is 0 Å². The van der Waals surface area contributed by atoms with Crippen LogP contribution >= 0.6 is 0 Å². The molecule has 5 nitrogen and oxygen atoms in total. The minimum absolute atomic E-state index is 0.00241. The zero-order valence-electron chi connectivity index (χ0n) is 15.2. The van der Waals surface area contributed by atoms with E-state index in [9.17, 15) is 22.8 Å². The first-order chi connectivity index (χ1) is 13.3. The Morgan fingerprint density at radius 2 is 1.64 bits per heavy atom. The molecule has 0 aliphatic rings. The zero-order chi connectivity index (χ0) is 20.6. The number of hydrogen-bond donors (Lipinski definition) is 1. The average molecular weight is 395 g/mol. The van der Waals surface area contributed by atoms with Gasteiger partial charge in [0, 0.05) is 5.69 Å². The maximum absolute atomic E-state index is 12.1. The van der Waals surface area contributed by atoms with E-state index in [4.69, 9.17) is 4.74 Å². The second kappa shape index (κ2) is 9.77. The van der Waals surface area contributed by atoms with Gasteiger partial charge in [0.05, 0.1) is 5.56 Å². The zero-order valence-corrected chi connectivity index (χ0v) is 15.2. The molecular weight excluding hydrogens is 375 g/mol. The van der Waals surface area contributed by atoms with Crippen molar-refractivity contribution in [2.24, 2.45) is 0 Å². The van der Waals surface area contributed by atoms with Crippen molar-refractivity contribution in [1.29, 1.82) is 0 Å². The Morgan fingerprint density at radius 1 is 1.00 bits per heavy atom. The number of rotatable bonds is 8. The Labute approximate surface area is 160 Å². The molecule has 0 bridgehead atoms. The number of anilines is 1. The van der Waals surface area contributed by atoms with Crippen LogP contribution in [0.3, 0.4) is 0 Å². The smallest absolute Gasteiger partial charge is 0.452 e. The standard InChI is InChI=1S/C20H20F3NO4/c1-2-3-4-14-5-9-16(10-6-14)24-18(25)13-27-19(26)15-7-11-17(12-8-15)28-20(21,22)23/h5-12H,2-4,13H2,1H3,(H,24,25). The minimum atomic E-state index is -4.81. The third-order valence-electron chi connectivity index (χ3n) is 3.71. The lowest BCUT2D eigenvalue weighted by molar-refractivity contribution is -0.274. The first-order valence-corrected chi connectivity index (χ1v) is 8.68. The van der Waals surface area contributed by atoms with Crippen LogP contribution in [-0.2, 0) is 16.0 Å². The van der Waals surface area contributed by atoms with E-state index in [1.54, 1.807) is 12.1 Å².